The van der Waals surface area contributed by atoms with Crippen LogP contribution in [-0.2, 0) is 5.88 Å². The number of nitrogens with zero attached hydrogens (tertiary/aromatic N) is 2. The van der Waals surface area contributed by atoms with Crippen LogP contribution < -0.4 is 5.56 Å². The fourth-order valence-corrected chi connectivity index (χ4v) is 1.97. The maximum absolute atomic E-state index is 11.8. The number of hydrogen-bond donors (Lipinski definition) is 1. The van der Waals surface area contributed by atoms with Crippen LogP contribution in [0.25, 0.3) is 5.69 Å². The van der Waals surface area contributed by atoms with Crippen molar-refractivity contribution in [2.75, 3.05) is 0 Å². The Kier molecular flexibility index (Phi) is 3.80. The Morgan fingerprint density at radius 2 is 2.06 bits per heavy atom. The molecule has 0 aliphatic carbocycles. The molecule has 18 heavy (non-hydrogen) atoms. The van der Waals surface area contributed by atoms with E-state index >= 15 is 0 Å². The van der Waals surface area contributed by atoms with Crippen LogP contribution in [0.1, 0.15) is 5.69 Å². The summed E-state index contributed by atoms with van der Waals surface area (Å²) in [6, 6.07) is 5.87. The molecule has 0 atom stereocenters. The van der Waals surface area contributed by atoms with Crippen molar-refractivity contribution in [1.82, 2.24) is 9.78 Å². The van der Waals surface area contributed by atoms with E-state index in [0.29, 0.717) is 10.7 Å². The Morgan fingerprint density at radius 3 is 2.72 bits per heavy atom. The van der Waals surface area contributed by atoms with Crippen molar-refractivity contribution < 1.29 is 5.11 Å². The first-order valence-corrected chi connectivity index (χ1v) is 6.16. The molecule has 0 saturated carbocycles. The summed E-state index contributed by atoms with van der Waals surface area (Å²) < 4.78 is 1.05. The molecule has 4 nitrogen and oxygen atoms in total. The van der Waals surface area contributed by atoms with Crippen LogP contribution >= 0.6 is 34.8 Å². The summed E-state index contributed by atoms with van der Waals surface area (Å²) >= 11 is 17.5. The standard InChI is InChI=1S/C11H7Cl3N2O2/c12-5-7-9(17)4-10(18)16(15-7)8-3-1-2-6(13)11(8)14/h1-4,17H,5H2. The molecule has 0 spiro atoms. The molecule has 1 aromatic heterocycles. The van der Waals surface area contributed by atoms with Gasteiger partial charge in [0.25, 0.3) is 5.56 Å². The number of benzene rings is 1. The molecule has 94 valence electrons. The van der Waals surface area contributed by atoms with Crippen LogP contribution in [0.15, 0.2) is 29.1 Å². The summed E-state index contributed by atoms with van der Waals surface area (Å²) in [5.74, 6) is -0.269. The molecule has 7 heteroatoms. The molecule has 0 radical (unpaired) electrons. The molecular formula is C11H7Cl3N2O2. The molecule has 0 amide bonds. The molecular weight excluding hydrogens is 298 g/mol. The second kappa shape index (κ2) is 5.18. The molecule has 1 heterocycles. The van der Waals surface area contributed by atoms with Gasteiger partial charge in [-0.25, -0.2) is 0 Å². The molecule has 0 aliphatic rings. The highest BCUT2D eigenvalue weighted by atomic mass is 35.5. The maximum Gasteiger partial charge on any atom is 0.275 e. The highest BCUT2D eigenvalue weighted by Gasteiger charge is 2.12. The van der Waals surface area contributed by atoms with Crippen LogP contribution in [0.2, 0.25) is 10.0 Å². The fraction of sp³-hybridized carbons (Fsp3) is 0.0909. The first kappa shape index (κ1) is 13.2. The molecule has 0 saturated heterocycles. The van der Waals surface area contributed by atoms with E-state index in [4.69, 9.17) is 34.8 Å². The predicted molar refractivity (Wildman–Crippen MR) is 71.1 cm³/mol. The topological polar surface area (TPSA) is 55.1 Å². The number of alkyl halides is 1. The molecule has 1 N–H and O–H groups in total. The van der Waals surface area contributed by atoms with E-state index in [2.05, 4.69) is 5.10 Å². The monoisotopic (exact) mass is 304 g/mol. The van der Waals surface area contributed by atoms with Gasteiger partial charge < -0.3 is 5.11 Å². The number of rotatable bonds is 2. The zero-order valence-corrected chi connectivity index (χ0v) is 11.2. The van der Waals surface area contributed by atoms with Crippen LogP contribution in [0, 0.1) is 0 Å². The molecule has 0 unspecified atom stereocenters. The zero-order valence-electron chi connectivity index (χ0n) is 8.90. The number of halogens is 3. The smallest absolute Gasteiger partial charge is 0.275 e. The Hall–Kier alpha value is -1.23. The summed E-state index contributed by atoms with van der Waals surface area (Å²) in [6.45, 7) is 0. The van der Waals surface area contributed by atoms with E-state index in [1.807, 2.05) is 0 Å². The summed E-state index contributed by atoms with van der Waals surface area (Å²) in [6.07, 6.45) is 0. The number of hydrogen-bond acceptors (Lipinski definition) is 3. The highest BCUT2D eigenvalue weighted by Crippen LogP contribution is 2.27. The SMILES string of the molecule is O=c1cc(O)c(CCl)nn1-c1cccc(Cl)c1Cl. The second-order valence-electron chi connectivity index (χ2n) is 3.43. The van der Waals surface area contributed by atoms with Gasteiger partial charge in [0.2, 0.25) is 0 Å². The zero-order chi connectivity index (χ0) is 13.3. The average Bonchev–Trinajstić information content (AvgIpc) is 2.34. The van der Waals surface area contributed by atoms with Crippen molar-refractivity contribution in [2.45, 2.75) is 5.88 Å². The van der Waals surface area contributed by atoms with Gasteiger partial charge in [-0.1, -0.05) is 29.3 Å². The normalized spacial score (nSPS) is 10.6. The van der Waals surface area contributed by atoms with Gasteiger partial charge in [0, 0.05) is 6.07 Å². The van der Waals surface area contributed by atoms with Gasteiger partial charge in [0.1, 0.15) is 11.4 Å². The third-order valence-electron chi connectivity index (χ3n) is 2.27. The van der Waals surface area contributed by atoms with Gasteiger partial charge in [-0.2, -0.15) is 9.78 Å². The van der Waals surface area contributed by atoms with Crippen LogP contribution in [0.5, 0.6) is 5.75 Å². The minimum absolute atomic E-state index is 0.0235. The Morgan fingerprint density at radius 1 is 1.33 bits per heavy atom. The average molecular weight is 306 g/mol. The quantitative estimate of drug-likeness (QED) is 0.868. The second-order valence-corrected chi connectivity index (χ2v) is 4.49. The van der Waals surface area contributed by atoms with E-state index in [9.17, 15) is 9.90 Å². The molecule has 0 aliphatic heterocycles. The number of aromatic hydroxyl groups is 1. The summed E-state index contributed by atoms with van der Waals surface area (Å²) in [7, 11) is 0. The largest absolute Gasteiger partial charge is 0.506 e. The Balaban J connectivity index is 2.71. The molecule has 0 bridgehead atoms. The molecule has 1 aromatic carbocycles. The maximum atomic E-state index is 11.8. The van der Waals surface area contributed by atoms with Gasteiger partial charge >= 0.3 is 0 Å². The van der Waals surface area contributed by atoms with Crippen molar-refractivity contribution in [3.63, 3.8) is 0 Å². The van der Waals surface area contributed by atoms with E-state index in [1.165, 1.54) is 0 Å². The van der Waals surface area contributed by atoms with Crippen LogP contribution in [0.3, 0.4) is 0 Å². The van der Waals surface area contributed by atoms with Crippen molar-refractivity contribution in [2.24, 2.45) is 0 Å². The fourth-order valence-electron chi connectivity index (χ4n) is 1.41. The highest BCUT2D eigenvalue weighted by molar-refractivity contribution is 6.43. The van der Waals surface area contributed by atoms with Gasteiger partial charge in [-0.05, 0) is 12.1 Å². The molecule has 2 aromatic rings. The lowest BCUT2D eigenvalue weighted by Crippen LogP contribution is -2.21. The van der Waals surface area contributed by atoms with E-state index < -0.39 is 5.56 Å². The van der Waals surface area contributed by atoms with Crippen molar-refractivity contribution in [1.29, 1.82) is 0 Å². The lowest BCUT2D eigenvalue weighted by atomic mass is 10.3. The van der Waals surface area contributed by atoms with Crippen LogP contribution in [0.4, 0.5) is 0 Å². The minimum atomic E-state index is -0.523. The summed E-state index contributed by atoms with van der Waals surface area (Å²) in [4.78, 5) is 11.8. The lowest BCUT2D eigenvalue weighted by molar-refractivity contribution is 0.460. The van der Waals surface area contributed by atoms with Gasteiger partial charge in [0.15, 0.2) is 0 Å². The predicted octanol–water partition coefficient (Wildman–Crippen LogP) is 2.98. The van der Waals surface area contributed by atoms with E-state index in [-0.39, 0.29) is 22.3 Å². The van der Waals surface area contributed by atoms with Crippen molar-refractivity contribution in [3.8, 4) is 11.4 Å². The van der Waals surface area contributed by atoms with Crippen LogP contribution in [-0.4, -0.2) is 14.9 Å². The summed E-state index contributed by atoms with van der Waals surface area (Å²) in [5, 5.41) is 13.9. The third kappa shape index (κ3) is 2.32. The molecule has 2 rings (SSSR count). The van der Waals surface area contributed by atoms with E-state index in [0.717, 1.165) is 10.7 Å². The Bertz CT molecular complexity index is 655. The minimum Gasteiger partial charge on any atom is -0.506 e. The van der Waals surface area contributed by atoms with Gasteiger partial charge in [0.05, 0.1) is 21.6 Å². The lowest BCUT2D eigenvalue weighted by Gasteiger charge is -2.09. The Labute approximate surface area is 117 Å². The van der Waals surface area contributed by atoms with Gasteiger partial charge in [-0.3, -0.25) is 4.79 Å². The van der Waals surface area contributed by atoms with E-state index in [1.54, 1.807) is 18.2 Å². The molecule has 0 fully saturated rings. The van der Waals surface area contributed by atoms with Crippen molar-refractivity contribution in [3.05, 3.63) is 50.4 Å². The third-order valence-corrected chi connectivity index (χ3v) is 3.33. The van der Waals surface area contributed by atoms with Gasteiger partial charge in [-0.15, -0.1) is 11.6 Å². The number of aromatic nitrogens is 2. The van der Waals surface area contributed by atoms with Crippen molar-refractivity contribution >= 4 is 34.8 Å². The first-order valence-electron chi connectivity index (χ1n) is 4.87. The first-order chi connectivity index (χ1) is 8.54. The summed E-state index contributed by atoms with van der Waals surface area (Å²) in [5.41, 5.74) is -0.00150.